The second-order valence-corrected chi connectivity index (χ2v) is 6.29. The van der Waals surface area contributed by atoms with Crippen molar-refractivity contribution in [3.05, 3.63) is 29.8 Å². The maximum Gasteiger partial charge on any atom is 0.304 e. The molecule has 0 heterocycles. The highest BCUT2D eigenvalue weighted by Crippen LogP contribution is 2.22. The van der Waals surface area contributed by atoms with Crippen LogP contribution < -0.4 is 0 Å². The molecule has 0 aliphatic heterocycles. The number of aliphatic carboxylic acids is 1. The Bertz CT molecular complexity index is 601. The number of sulfonamides is 1. The largest absolute Gasteiger partial charge is 0.481 e. The molecule has 0 radical (unpaired) electrons. The van der Waals surface area contributed by atoms with E-state index in [2.05, 4.69) is 0 Å². The fourth-order valence-electron chi connectivity index (χ4n) is 1.66. The smallest absolute Gasteiger partial charge is 0.304 e. The number of halogens is 2. The van der Waals surface area contributed by atoms with E-state index < -0.39 is 45.0 Å². The molecular weight excluding hydrogens is 292 g/mol. The van der Waals surface area contributed by atoms with Gasteiger partial charge in [-0.3, -0.25) is 4.79 Å². The summed E-state index contributed by atoms with van der Waals surface area (Å²) in [4.78, 5) is 9.76. The van der Waals surface area contributed by atoms with Crippen molar-refractivity contribution in [3.63, 3.8) is 0 Å². The van der Waals surface area contributed by atoms with Gasteiger partial charge in [-0.25, -0.2) is 17.2 Å². The van der Waals surface area contributed by atoms with Crippen molar-refractivity contribution in [2.45, 2.75) is 31.2 Å². The summed E-state index contributed by atoms with van der Waals surface area (Å²) >= 11 is 0. The lowest BCUT2D eigenvalue weighted by atomic mass is 10.3. The van der Waals surface area contributed by atoms with Gasteiger partial charge in [0.2, 0.25) is 10.0 Å². The Labute approximate surface area is 115 Å². The molecule has 0 aromatic heterocycles. The van der Waals surface area contributed by atoms with Gasteiger partial charge in [-0.2, -0.15) is 4.31 Å². The lowest BCUT2D eigenvalue weighted by molar-refractivity contribution is -0.137. The van der Waals surface area contributed by atoms with Gasteiger partial charge >= 0.3 is 5.97 Å². The number of benzene rings is 1. The Kier molecular flexibility index (Phi) is 5.18. The topological polar surface area (TPSA) is 74.7 Å². The number of hydrogen-bond donors (Lipinski definition) is 1. The second kappa shape index (κ2) is 6.27. The summed E-state index contributed by atoms with van der Waals surface area (Å²) in [6.07, 6.45) is -0.422. The first-order chi connectivity index (χ1) is 9.16. The molecule has 0 unspecified atom stereocenters. The molecule has 0 fully saturated rings. The lowest BCUT2D eigenvalue weighted by Gasteiger charge is -2.25. The molecule has 8 heteroatoms. The van der Waals surface area contributed by atoms with E-state index in [1.165, 1.54) is 13.8 Å². The molecule has 5 nitrogen and oxygen atoms in total. The van der Waals surface area contributed by atoms with Crippen molar-refractivity contribution in [1.29, 1.82) is 0 Å². The third kappa shape index (κ3) is 3.73. The molecule has 0 bridgehead atoms. The first-order valence-corrected chi connectivity index (χ1v) is 7.29. The van der Waals surface area contributed by atoms with E-state index in [-0.39, 0.29) is 6.54 Å². The SMILES string of the molecule is CC(C)N(CCC(=O)O)S(=O)(=O)c1cc(F)ccc1F. The Balaban J connectivity index is 3.22. The van der Waals surface area contributed by atoms with Crippen molar-refractivity contribution in [2.75, 3.05) is 6.54 Å². The number of carboxylic acids is 1. The summed E-state index contributed by atoms with van der Waals surface area (Å²) in [6.45, 7) is 2.73. The molecular formula is C12H15F2NO4S. The Hall–Kier alpha value is -1.54. The van der Waals surface area contributed by atoms with Gasteiger partial charge < -0.3 is 5.11 Å². The van der Waals surface area contributed by atoms with Crippen LogP contribution in [0.5, 0.6) is 0 Å². The van der Waals surface area contributed by atoms with Gasteiger partial charge in [0, 0.05) is 12.6 Å². The molecule has 0 aliphatic rings. The monoisotopic (exact) mass is 307 g/mol. The van der Waals surface area contributed by atoms with Crippen LogP contribution in [0, 0.1) is 11.6 Å². The molecule has 20 heavy (non-hydrogen) atoms. The number of carboxylic acid groups (broad SMARTS) is 1. The quantitative estimate of drug-likeness (QED) is 0.870. The average molecular weight is 307 g/mol. The molecule has 112 valence electrons. The number of rotatable bonds is 6. The molecule has 0 spiro atoms. The average Bonchev–Trinajstić information content (AvgIpc) is 2.31. The van der Waals surface area contributed by atoms with Crippen molar-refractivity contribution in [1.82, 2.24) is 4.31 Å². The summed E-state index contributed by atoms with van der Waals surface area (Å²) in [7, 11) is -4.29. The van der Waals surface area contributed by atoms with Crippen molar-refractivity contribution < 1.29 is 27.1 Å². The molecule has 0 amide bonds. The standard InChI is InChI=1S/C12H15F2NO4S/c1-8(2)15(6-5-12(16)17)20(18,19)11-7-9(13)3-4-10(11)14/h3-4,7-8H,5-6H2,1-2H3,(H,16,17). The minimum atomic E-state index is -4.29. The van der Waals surface area contributed by atoms with E-state index in [9.17, 15) is 22.0 Å². The van der Waals surface area contributed by atoms with Crippen LogP contribution in [0.25, 0.3) is 0 Å². The van der Waals surface area contributed by atoms with Gasteiger partial charge in [0.05, 0.1) is 6.42 Å². The van der Waals surface area contributed by atoms with Crippen LogP contribution in [0.1, 0.15) is 20.3 Å². The summed E-state index contributed by atoms with van der Waals surface area (Å²) in [5.74, 6) is -3.13. The van der Waals surface area contributed by atoms with Crippen LogP contribution >= 0.6 is 0 Å². The minimum absolute atomic E-state index is 0.314. The van der Waals surface area contributed by atoms with Crippen LogP contribution in [0.4, 0.5) is 8.78 Å². The molecule has 0 saturated carbocycles. The predicted octanol–water partition coefficient (Wildman–Crippen LogP) is 1.84. The minimum Gasteiger partial charge on any atom is -0.481 e. The van der Waals surface area contributed by atoms with Gasteiger partial charge in [-0.05, 0) is 32.0 Å². The molecule has 0 aliphatic carbocycles. The molecule has 1 aromatic rings. The molecule has 1 rings (SSSR count). The van der Waals surface area contributed by atoms with E-state index in [0.29, 0.717) is 6.07 Å². The highest BCUT2D eigenvalue weighted by Gasteiger charge is 2.30. The van der Waals surface area contributed by atoms with Gasteiger partial charge in [0.25, 0.3) is 0 Å². The van der Waals surface area contributed by atoms with Crippen LogP contribution in [0.15, 0.2) is 23.1 Å². The third-order valence-corrected chi connectivity index (χ3v) is 4.69. The summed E-state index contributed by atoms with van der Waals surface area (Å²) in [5, 5.41) is 8.62. The number of hydrogen-bond acceptors (Lipinski definition) is 3. The highest BCUT2D eigenvalue weighted by molar-refractivity contribution is 7.89. The van der Waals surface area contributed by atoms with Crippen molar-refractivity contribution >= 4 is 16.0 Å². The first-order valence-electron chi connectivity index (χ1n) is 5.85. The van der Waals surface area contributed by atoms with E-state index in [0.717, 1.165) is 16.4 Å². The predicted molar refractivity (Wildman–Crippen MR) is 67.6 cm³/mol. The highest BCUT2D eigenvalue weighted by atomic mass is 32.2. The first kappa shape index (κ1) is 16.5. The Morgan fingerprint density at radius 2 is 1.95 bits per heavy atom. The molecule has 1 N–H and O–H groups in total. The van der Waals surface area contributed by atoms with Gasteiger partial charge in [0.15, 0.2) is 0 Å². The normalized spacial score (nSPS) is 12.1. The number of carbonyl (C=O) groups is 1. The lowest BCUT2D eigenvalue weighted by Crippen LogP contribution is -2.38. The van der Waals surface area contributed by atoms with Crippen molar-refractivity contribution in [2.24, 2.45) is 0 Å². The van der Waals surface area contributed by atoms with Crippen LogP contribution in [-0.2, 0) is 14.8 Å². The van der Waals surface area contributed by atoms with E-state index >= 15 is 0 Å². The molecule has 1 aromatic carbocycles. The van der Waals surface area contributed by atoms with E-state index in [4.69, 9.17) is 5.11 Å². The second-order valence-electron chi connectivity index (χ2n) is 4.43. The molecule has 0 saturated heterocycles. The zero-order chi connectivity index (χ0) is 15.5. The van der Waals surface area contributed by atoms with Gasteiger partial charge in [0.1, 0.15) is 16.5 Å². The zero-order valence-electron chi connectivity index (χ0n) is 11.0. The van der Waals surface area contributed by atoms with Crippen LogP contribution in [0.3, 0.4) is 0 Å². The maximum atomic E-state index is 13.6. The van der Waals surface area contributed by atoms with Gasteiger partial charge in [-0.1, -0.05) is 0 Å². The van der Waals surface area contributed by atoms with Crippen LogP contribution in [0.2, 0.25) is 0 Å². The van der Waals surface area contributed by atoms with E-state index in [1.54, 1.807) is 0 Å². The molecule has 0 atom stereocenters. The summed E-state index contributed by atoms with van der Waals surface area (Å²) in [5.41, 5.74) is 0. The zero-order valence-corrected chi connectivity index (χ0v) is 11.8. The summed E-state index contributed by atoms with van der Waals surface area (Å²) in [6, 6.07) is 1.53. The maximum absolute atomic E-state index is 13.6. The summed E-state index contributed by atoms with van der Waals surface area (Å²) < 4.78 is 52.1. The van der Waals surface area contributed by atoms with Gasteiger partial charge in [-0.15, -0.1) is 0 Å². The Morgan fingerprint density at radius 3 is 2.45 bits per heavy atom. The van der Waals surface area contributed by atoms with Crippen LogP contribution in [-0.4, -0.2) is 36.4 Å². The third-order valence-electron chi connectivity index (χ3n) is 2.60. The van der Waals surface area contributed by atoms with E-state index in [1.807, 2.05) is 0 Å². The Morgan fingerprint density at radius 1 is 1.35 bits per heavy atom. The number of nitrogens with zero attached hydrogens (tertiary/aromatic N) is 1. The fraction of sp³-hybridized carbons (Fsp3) is 0.417. The fourth-order valence-corrected chi connectivity index (χ4v) is 3.38. The van der Waals surface area contributed by atoms with Crippen molar-refractivity contribution in [3.8, 4) is 0 Å².